The third-order valence-corrected chi connectivity index (χ3v) is 4.23. The zero-order chi connectivity index (χ0) is 15.8. The Balaban J connectivity index is 2.49. The number of para-hydroxylation sites is 1. The summed E-state index contributed by atoms with van der Waals surface area (Å²) in [7, 11) is -4.00. The van der Waals surface area contributed by atoms with Crippen LogP contribution in [0.2, 0.25) is 0 Å². The zero-order valence-electron chi connectivity index (χ0n) is 10.4. The number of nitrogens with one attached hydrogen (secondary N) is 1. The number of rotatable bonds is 3. The van der Waals surface area contributed by atoms with Crippen LogP contribution in [0.4, 0.5) is 25.8 Å². The van der Waals surface area contributed by atoms with Crippen molar-refractivity contribution >= 4 is 43.0 Å². The van der Waals surface area contributed by atoms with Crippen molar-refractivity contribution in [2.45, 2.75) is 4.90 Å². The van der Waals surface area contributed by atoms with E-state index in [-0.39, 0.29) is 26.4 Å². The number of anilines is 3. The molecule has 0 bridgehead atoms. The summed E-state index contributed by atoms with van der Waals surface area (Å²) < 4.78 is 49.6. The van der Waals surface area contributed by atoms with Crippen molar-refractivity contribution in [3.05, 3.63) is 46.4 Å². The lowest BCUT2D eigenvalue weighted by atomic mass is 10.2. The van der Waals surface area contributed by atoms with Crippen molar-refractivity contribution in [1.82, 2.24) is 0 Å². The van der Waals surface area contributed by atoms with Crippen LogP contribution in [0.5, 0.6) is 0 Å². The second-order valence-electron chi connectivity index (χ2n) is 4.13. The van der Waals surface area contributed by atoms with Crippen LogP contribution in [-0.2, 0) is 10.0 Å². The summed E-state index contributed by atoms with van der Waals surface area (Å²) >= 11 is 2.93. The van der Waals surface area contributed by atoms with E-state index in [1.54, 1.807) is 0 Å². The standard InChI is InChI=1S/C12H10BrF2N3O2S/c13-6-4-10(8(15)5-7(6)14)18-9-2-1-3-11(12(9)16)21(17,19)20/h1-5,18H,16H2,(H2,17,19,20). The molecular formula is C12H10BrF2N3O2S. The highest BCUT2D eigenvalue weighted by atomic mass is 79.9. The molecule has 0 fully saturated rings. The summed E-state index contributed by atoms with van der Waals surface area (Å²) in [5, 5.41) is 7.63. The molecule has 0 aliphatic rings. The van der Waals surface area contributed by atoms with Gasteiger partial charge in [-0.25, -0.2) is 22.3 Å². The average molecular weight is 378 g/mol. The Morgan fingerprint density at radius 2 is 1.76 bits per heavy atom. The maximum absolute atomic E-state index is 13.7. The highest BCUT2D eigenvalue weighted by Gasteiger charge is 2.16. The van der Waals surface area contributed by atoms with Crippen molar-refractivity contribution in [2.24, 2.45) is 5.14 Å². The van der Waals surface area contributed by atoms with E-state index < -0.39 is 21.7 Å². The largest absolute Gasteiger partial charge is 0.396 e. The van der Waals surface area contributed by atoms with Gasteiger partial charge in [0.05, 0.1) is 21.5 Å². The molecule has 0 unspecified atom stereocenters. The molecule has 0 atom stereocenters. The Bertz CT molecular complexity index is 812. The maximum Gasteiger partial charge on any atom is 0.240 e. The SMILES string of the molecule is Nc1c(Nc2cc(Br)c(F)cc2F)cccc1S(N)(=O)=O. The van der Waals surface area contributed by atoms with E-state index in [1.165, 1.54) is 24.3 Å². The minimum absolute atomic E-state index is 0.0487. The monoisotopic (exact) mass is 377 g/mol. The summed E-state index contributed by atoms with van der Waals surface area (Å²) in [5.74, 6) is -1.61. The van der Waals surface area contributed by atoms with Crippen LogP contribution in [0.25, 0.3) is 0 Å². The van der Waals surface area contributed by atoms with Crippen LogP contribution < -0.4 is 16.2 Å². The smallest absolute Gasteiger partial charge is 0.240 e. The van der Waals surface area contributed by atoms with Crippen LogP contribution >= 0.6 is 15.9 Å². The number of benzene rings is 2. The molecule has 21 heavy (non-hydrogen) atoms. The van der Waals surface area contributed by atoms with Gasteiger partial charge in [-0.3, -0.25) is 0 Å². The molecule has 5 N–H and O–H groups in total. The lowest BCUT2D eigenvalue weighted by molar-refractivity contribution is 0.581. The van der Waals surface area contributed by atoms with Gasteiger partial charge in [0.2, 0.25) is 10.0 Å². The molecule has 112 valence electrons. The number of nitrogens with two attached hydrogens (primary N) is 2. The van der Waals surface area contributed by atoms with Gasteiger partial charge in [0.1, 0.15) is 16.5 Å². The summed E-state index contributed by atoms with van der Waals surface area (Å²) in [6, 6.07) is 5.93. The molecule has 0 saturated carbocycles. The highest BCUT2D eigenvalue weighted by molar-refractivity contribution is 9.10. The molecule has 0 aromatic heterocycles. The van der Waals surface area contributed by atoms with E-state index in [0.29, 0.717) is 6.07 Å². The predicted molar refractivity (Wildman–Crippen MR) is 79.6 cm³/mol. The molecule has 0 saturated heterocycles. The second-order valence-corrected chi connectivity index (χ2v) is 6.52. The number of sulfonamides is 1. The molecule has 2 aromatic carbocycles. The number of nitrogen functional groups attached to an aromatic ring is 1. The van der Waals surface area contributed by atoms with Gasteiger partial charge in [-0.1, -0.05) is 6.07 Å². The molecule has 0 amide bonds. The topological polar surface area (TPSA) is 98.2 Å². The normalized spacial score (nSPS) is 11.4. The van der Waals surface area contributed by atoms with Gasteiger partial charge in [-0.05, 0) is 34.1 Å². The van der Waals surface area contributed by atoms with Gasteiger partial charge in [0.15, 0.2) is 0 Å². The number of primary sulfonamides is 1. The Hall–Kier alpha value is -1.71. The molecule has 5 nitrogen and oxygen atoms in total. The van der Waals surface area contributed by atoms with Crippen LogP contribution in [0.3, 0.4) is 0 Å². The third-order valence-electron chi connectivity index (χ3n) is 2.65. The quantitative estimate of drug-likeness (QED) is 0.565. The van der Waals surface area contributed by atoms with Gasteiger partial charge in [-0.15, -0.1) is 0 Å². The van der Waals surface area contributed by atoms with Crippen molar-refractivity contribution in [1.29, 1.82) is 0 Å². The van der Waals surface area contributed by atoms with Crippen LogP contribution in [0, 0.1) is 11.6 Å². The molecule has 0 aliphatic carbocycles. The Labute approximate surface area is 128 Å². The van der Waals surface area contributed by atoms with E-state index in [1.807, 2.05) is 0 Å². The predicted octanol–water partition coefficient (Wildman–Crippen LogP) is 2.70. The van der Waals surface area contributed by atoms with Gasteiger partial charge in [0.25, 0.3) is 0 Å². The van der Waals surface area contributed by atoms with Crippen LogP contribution in [0.15, 0.2) is 39.7 Å². The first-order valence-electron chi connectivity index (χ1n) is 5.53. The summed E-state index contributed by atoms with van der Waals surface area (Å²) in [6.07, 6.45) is 0. The van der Waals surface area contributed by atoms with E-state index in [0.717, 1.165) is 0 Å². The van der Waals surface area contributed by atoms with Gasteiger partial charge in [0, 0.05) is 6.07 Å². The molecule has 0 aliphatic heterocycles. The third kappa shape index (κ3) is 3.31. The van der Waals surface area contributed by atoms with Crippen LogP contribution in [-0.4, -0.2) is 8.42 Å². The minimum Gasteiger partial charge on any atom is -0.396 e. The lowest BCUT2D eigenvalue weighted by Gasteiger charge is -2.13. The molecular weight excluding hydrogens is 368 g/mol. The van der Waals surface area contributed by atoms with E-state index in [4.69, 9.17) is 10.9 Å². The van der Waals surface area contributed by atoms with E-state index in [2.05, 4.69) is 21.2 Å². The van der Waals surface area contributed by atoms with Gasteiger partial charge in [-0.2, -0.15) is 0 Å². The van der Waals surface area contributed by atoms with Crippen molar-refractivity contribution in [3.8, 4) is 0 Å². The fourth-order valence-electron chi connectivity index (χ4n) is 1.66. The minimum atomic E-state index is -4.00. The number of halogens is 3. The van der Waals surface area contributed by atoms with Crippen molar-refractivity contribution < 1.29 is 17.2 Å². The van der Waals surface area contributed by atoms with Gasteiger partial charge < -0.3 is 11.1 Å². The van der Waals surface area contributed by atoms with Crippen molar-refractivity contribution in [2.75, 3.05) is 11.1 Å². The first-order chi connectivity index (χ1) is 9.70. The van der Waals surface area contributed by atoms with Crippen LogP contribution in [0.1, 0.15) is 0 Å². The molecule has 2 rings (SSSR count). The summed E-state index contributed by atoms with van der Waals surface area (Å²) in [5.41, 5.74) is 5.62. The fraction of sp³-hybridized carbons (Fsp3) is 0. The fourth-order valence-corrected chi connectivity index (χ4v) is 2.69. The summed E-state index contributed by atoms with van der Waals surface area (Å²) in [4.78, 5) is -0.283. The van der Waals surface area contributed by atoms with E-state index in [9.17, 15) is 17.2 Å². The summed E-state index contributed by atoms with van der Waals surface area (Å²) in [6.45, 7) is 0. The second kappa shape index (κ2) is 5.58. The average Bonchev–Trinajstić information content (AvgIpc) is 2.36. The highest BCUT2D eigenvalue weighted by Crippen LogP contribution is 2.31. The Morgan fingerprint density at radius 3 is 2.38 bits per heavy atom. The lowest BCUT2D eigenvalue weighted by Crippen LogP contribution is -2.15. The zero-order valence-corrected chi connectivity index (χ0v) is 12.8. The molecule has 0 heterocycles. The van der Waals surface area contributed by atoms with E-state index >= 15 is 0 Å². The number of hydrogen-bond acceptors (Lipinski definition) is 4. The molecule has 9 heteroatoms. The van der Waals surface area contributed by atoms with Gasteiger partial charge >= 0.3 is 0 Å². The number of hydrogen-bond donors (Lipinski definition) is 3. The first-order valence-corrected chi connectivity index (χ1v) is 7.87. The Morgan fingerprint density at radius 1 is 1.10 bits per heavy atom. The Kier molecular flexibility index (Phi) is 4.17. The molecule has 0 spiro atoms. The molecule has 2 aromatic rings. The maximum atomic E-state index is 13.7. The molecule has 0 radical (unpaired) electrons. The first kappa shape index (κ1) is 15.7. The van der Waals surface area contributed by atoms with Crippen molar-refractivity contribution in [3.63, 3.8) is 0 Å².